The molecule has 0 amide bonds. The Kier molecular flexibility index (Phi) is 3.99. The summed E-state index contributed by atoms with van der Waals surface area (Å²) >= 11 is 0. The first-order valence-corrected chi connectivity index (χ1v) is 5.30. The molecule has 1 aliphatic rings. The number of hydrogen-bond acceptors (Lipinski definition) is 1. The van der Waals surface area contributed by atoms with Crippen LogP contribution in [0.2, 0.25) is 0 Å². The zero-order valence-corrected chi connectivity index (χ0v) is 10.5. The highest BCUT2D eigenvalue weighted by Gasteiger charge is 2.93. The van der Waals surface area contributed by atoms with Gasteiger partial charge in [-0.15, -0.1) is 0 Å². The van der Waals surface area contributed by atoms with Gasteiger partial charge in [-0.3, -0.25) is 0 Å². The van der Waals surface area contributed by atoms with E-state index in [1.807, 2.05) is 0 Å². The van der Waals surface area contributed by atoms with Crippen molar-refractivity contribution in [3.05, 3.63) is 0 Å². The Labute approximate surface area is 118 Å². The van der Waals surface area contributed by atoms with Crippen molar-refractivity contribution in [2.75, 3.05) is 6.61 Å². The van der Waals surface area contributed by atoms with Crippen LogP contribution in [0.5, 0.6) is 0 Å². The zero-order chi connectivity index (χ0) is 18.9. The molecule has 0 aromatic heterocycles. The van der Waals surface area contributed by atoms with Crippen molar-refractivity contribution < 1.29 is 61.8 Å². The van der Waals surface area contributed by atoms with Crippen LogP contribution < -0.4 is 0 Å². The van der Waals surface area contributed by atoms with Crippen molar-refractivity contribution in [2.45, 2.75) is 48.3 Å². The normalized spacial score (nSPS) is 24.8. The van der Waals surface area contributed by atoms with Gasteiger partial charge in [0.15, 0.2) is 5.60 Å². The lowest BCUT2D eigenvalue weighted by Crippen LogP contribution is -2.71. The third-order valence-corrected chi connectivity index (χ3v) is 3.17. The lowest BCUT2D eigenvalue weighted by Gasteiger charge is -2.40. The molecule has 0 aromatic rings. The summed E-state index contributed by atoms with van der Waals surface area (Å²) in [6, 6.07) is 0. The maximum atomic E-state index is 13.3. The van der Waals surface area contributed by atoms with Gasteiger partial charge in [-0.2, -0.15) is 57.1 Å². The molecule has 1 saturated heterocycles. The molecular weight excluding hydrogens is 371 g/mol. The van der Waals surface area contributed by atoms with Gasteiger partial charge in [0.2, 0.25) is 0 Å². The molecule has 0 aliphatic carbocycles. The third-order valence-electron chi connectivity index (χ3n) is 3.17. The summed E-state index contributed by atoms with van der Waals surface area (Å²) in [5.74, 6) is -36.7. The van der Waals surface area contributed by atoms with E-state index in [1.165, 1.54) is 0 Å². The van der Waals surface area contributed by atoms with Crippen LogP contribution in [0.1, 0.15) is 6.92 Å². The summed E-state index contributed by atoms with van der Waals surface area (Å²) in [7, 11) is 0. The second-order valence-corrected chi connectivity index (χ2v) is 4.89. The van der Waals surface area contributed by atoms with Crippen molar-refractivity contribution in [1.29, 1.82) is 0 Å². The first-order chi connectivity index (χ1) is 9.71. The van der Waals surface area contributed by atoms with Gasteiger partial charge >= 0.3 is 35.8 Å². The smallest absolute Gasteiger partial charge is 0.363 e. The van der Waals surface area contributed by atoms with E-state index >= 15 is 0 Å². The molecule has 1 fully saturated rings. The second-order valence-electron chi connectivity index (χ2n) is 4.89. The Morgan fingerprint density at radius 3 is 1.17 bits per heavy atom. The average molecular weight is 376 g/mol. The minimum Gasteiger partial charge on any atom is -0.363 e. The molecule has 1 nitrogen and oxygen atoms in total. The maximum absolute atomic E-state index is 13.3. The zero-order valence-electron chi connectivity index (χ0n) is 10.5. The summed E-state index contributed by atoms with van der Waals surface area (Å²) in [4.78, 5) is 0. The molecule has 0 bridgehead atoms. The number of alkyl halides is 13. The summed E-state index contributed by atoms with van der Waals surface area (Å²) in [6.07, 6.45) is -7.40. The average Bonchev–Trinajstić information content (AvgIpc) is 3.06. The number of hydrogen-bond donors (Lipinski definition) is 0. The quantitative estimate of drug-likeness (QED) is 0.508. The van der Waals surface area contributed by atoms with Crippen molar-refractivity contribution >= 4 is 0 Å². The van der Waals surface area contributed by atoms with Gasteiger partial charge < -0.3 is 4.74 Å². The van der Waals surface area contributed by atoms with E-state index < -0.39 is 48.0 Å². The molecule has 0 N–H and O–H groups in total. The maximum Gasteiger partial charge on any atom is 0.460 e. The van der Waals surface area contributed by atoms with E-state index in [0.717, 1.165) is 0 Å². The Morgan fingerprint density at radius 2 is 0.913 bits per heavy atom. The molecule has 1 aliphatic heterocycles. The van der Waals surface area contributed by atoms with Gasteiger partial charge in [0.1, 0.15) is 0 Å². The largest absolute Gasteiger partial charge is 0.460 e. The van der Waals surface area contributed by atoms with Crippen LogP contribution in [0.15, 0.2) is 0 Å². The van der Waals surface area contributed by atoms with Gasteiger partial charge in [0, 0.05) is 0 Å². The van der Waals surface area contributed by atoms with Crippen molar-refractivity contribution in [1.82, 2.24) is 0 Å². The highest BCUT2D eigenvalue weighted by atomic mass is 19.4. The number of rotatable bonds is 5. The van der Waals surface area contributed by atoms with E-state index in [-0.39, 0.29) is 6.92 Å². The van der Waals surface area contributed by atoms with Crippen molar-refractivity contribution in [3.8, 4) is 0 Å². The van der Waals surface area contributed by atoms with Crippen LogP contribution >= 0.6 is 0 Å². The number of ether oxygens (including phenoxy) is 1. The minimum absolute atomic E-state index is 0.0665. The van der Waals surface area contributed by atoms with E-state index in [4.69, 9.17) is 0 Å². The van der Waals surface area contributed by atoms with Gasteiger partial charge in [-0.1, -0.05) is 0 Å². The Morgan fingerprint density at radius 1 is 0.609 bits per heavy atom. The molecule has 14 heteroatoms. The Hall–Kier alpha value is -0.950. The fourth-order valence-electron chi connectivity index (χ4n) is 1.39. The molecule has 0 aromatic carbocycles. The SMILES string of the molecule is CC1(C(F)(F)C(F)(F)C(F)(F)C(F)(F)C(F)(F)C(F)(F)F)CO1. The predicted molar refractivity (Wildman–Crippen MR) is 45.1 cm³/mol. The molecule has 0 spiro atoms. The van der Waals surface area contributed by atoms with E-state index in [9.17, 15) is 57.1 Å². The van der Waals surface area contributed by atoms with Crippen LogP contribution in [0, 0.1) is 0 Å². The van der Waals surface area contributed by atoms with Gasteiger partial charge in [-0.05, 0) is 6.92 Å². The van der Waals surface area contributed by atoms with Crippen molar-refractivity contribution in [3.63, 3.8) is 0 Å². The summed E-state index contributed by atoms with van der Waals surface area (Å²) in [5, 5.41) is 0. The number of epoxide rings is 1. The second kappa shape index (κ2) is 4.57. The van der Waals surface area contributed by atoms with Crippen LogP contribution in [0.4, 0.5) is 57.1 Å². The van der Waals surface area contributed by atoms with Crippen LogP contribution in [0.3, 0.4) is 0 Å². The van der Waals surface area contributed by atoms with E-state index in [0.29, 0.717) is 0 Å². The Balaban J connectivity index is 3.44. The lowest BCUT2D eigenvalue weighted by atomic mass is 9.88. The standard InChI is InChI=1S/C9H5F13O/c1-3(2-23-3)4(10,11)5(12,13)6(14,15)7(16,17)8(18,19)9(20,21)22/h2H2,1H3. The first-order valence-electron chi connectivity index (χ1n) is 5.30. The topological polar surface area (TPSA) is 12.5 Å². The monoisotopic (exact) mass is 376 g/mol. The third kappa shape index (κ3) is 2.27. The lowest BCUT2D eigenvalue weighted by molar-refractivity contribution is -0.443. The summed E-state index contributed by atoms with van der Waals surface area (Å²) < 4.78 is 169. The molecular formula is C9H5F13O. The molecule has 0 saturated carbocycles. The van der Waals surface area contributed by atoms with Crippen molar-refractivity contribution in [2.24, 2.45) is 0 Å². The van der Waals surface area contributed by atoms with Gasteiger partial charge in [0.05, 0.1) is 6.61 Å². The van der Waals surface area contributed by atoms with E-state index in [2.05, 4.69) is 4.74 Å². The number of halogens is 13. The molecule has 138 valence electrons. The highest BCUT2D eigenvalue weighted by Crippen LogP contribution is 2.63. The molecule has 0 radical (unpaired) electrons. The molecule has 1 heterocycles. The molecule has 23 heavy (non-hydrogen) atoms. The molecule has 1 rings (SSSR count). The summed E-state index contributed by atoms with van der Waals surface area (Å²) in [6.45, 7) is -1.26. The van der Waals surface area contributed by atoms with Gasteiger partial charge in [0.25, 0.3) is 0 Å². The van der Waals surface area contributed by atoms with Crippen LogP contribution in [-0.2, 0) is 4.74 Å². The predicted octanol–water partition coefficient (Wildman–Crippen LogP) is 4.51. The molecule has 1 atom stereocenters. The minimum atomic E-state index is -7.86. The fourth-order valence-corrected chi connectivity index (χ4v) is 1.39. The van der Waals surface area contributed by atoms with Crippen LogP contribution in [-0.4, -0.2) is 48.0 Å². The molecule has 1 unspecified atom stereocenters. The fraction of sp³-hybridized carbons (Fsp3) is 1.00. The first kappa shape index (κ1) is 20.1. The van der Waals surface area contributed by atoms with Crippen LogP contribution in [0.25, 0.3) is 0 Å². The summed E-state index contributed by atoms with van der Waals surface area (Å²) in [5.41, 5.74) is -3.41. The highest BCUT2D eigenvalue weighted by molar-refractivity contribution is 5.16. The Bertz CT molecular complexity index is 441. The van der Waals surface area contributed by atoms with Gasteiger partial charge in [-0.25, -0.2) is 0 Å². The van der Waals surface area contributed by atoms with E-state index in [1.54, 1.807) is 0 Å².